The number of benzene rings is 1. The first-order chi connectivity index (χ1) is 10.1. The van der Waals surface area contributed by atoms with Crippen LogP contribution in [0.15, 0.2) is 16.6 Å². The topological polar surface area (TPSA) is 30.5 Å². The van der Waals surface area contributed by atoms with E-state index in [1.165, 1.54) is 0 Å². The highest BCUT2D eigenvalue weighted by molar-refractivity contribution is 9.10. The summed E-state index contributed by atoms with van der Waals surface area (Å²) in [6.07, 6.45) is 2.32. The molecule has 3 unspecified atom stereocenters. The molecule has 3 nitrogen and oxygen atoms in total. The summed E-state index contributed by atoms with van der Waals surface area (Å²) < 4.78 is 12.4. The van der Waals surface area contributed by atoms with E-state index in [2.05, 4.69) is 35.1 Å². The molecule has 21 heavy (non-hydrogen) atoms. The zero-order chi connectivity index (χ0) is 15.4. The Balaban J connectivity index is 2.40. The molecule has 0 radical (unpaired) electrons. The van der Waals surface area contributed by atoms with Gasteiger partial charge in [-0.15, -0.1) is 0 Å². The van der Waals surface area contributed by atoms with Crippen molar-refractivity contribution in [2.45, 2.75) is 38.8 Å². The third-order valence-electron chi connectivity index (χ3n) is 3.96. The molecule has 0 bridgehead atoms. The first-order valence-electron chi connectivity index (χ1n) is 7.46. The molecule has 3 atom stereocenters. The average Bonchev–Trinajstić information content (AvgIpc) is 2.85. The highest BCUT2D eigenvalue weighted by atomic mass is 79.9. The Bertz CT molecular complexity index is 484. The number of ether oxygens (including phenoxy) is 2. The van der Waals surface area contributed by atoms with Gasteiger partial charge in [-0.3, -0.25) is 0 Å². The van der Waals surface area contributed by atoms with E-state index in [1.54, 1.807) is 7.11 Å². The zero-order valence-corrected chi connectivity index (χ0v) is 15.1. The van der Waals surface area contributed by atoms with Crippen LogP contribution in [0, 0.1) is 5.92 Å². The zero-order valence-electron chi connectivity index (χ0n) is 12.8. The maximum Gasteiger partial charge on any atom is 0.138 e. The summed E-state index contributed by atoms with van der Waals surface area (Å²) >= 11 is 9.79. The molecule has 1 N–H and O–H groups in total. The summed E-state index contributed by atoms with van der Waals surface area (Å²) in [6.45, 7) is 6.16. The number of rotatable bonds is 6. The second-order valence-electron chi connectivity index (χ2n) is 5.54. The molecule has 5 heteroatoms. The molecule has 0 aromatic heterocycles. The Morgan fingerprint density at radius 1 is 1.52 bits per heavy atom. The predicted molar refractivity (Wildman–Crippen MR) is 90.3 cm³/mol. The molecule has 1 fully saturated rings. The largest absolute Gasteiger partial charge is 0.495 e. The third-order valence-corrected chi connectivity index (χ3v) is 4.77. The van der Waals surface area contributed by atoms with E-state index in [0.717, 1.165) is 41.8 Å². The van der Waals surface area contributed by atoms with Gasteiger partial charge in [0.25, 0.3) is 0 Å². The van der Waals surface area contributed by atoms with Crippen molar-refractivity contribution < 1.29 is 9.47 Å². The molecule has 1 aromatic carbocycles. The lowest BCUT2D eigenvalue weighted by Gasteiger charge is -2.29. The quantitative estimate of drug-likeness (QED) is 0.788. The number of hydrogen-bond donors (Lipinski definition) is 1. The van der Waals surface area contributed by atoms with Gasteiger partial charge in [0.2, 0.25) is 0 Å². The number of methoxy groups -OCH3 is 1. The summed E-state index contributed by atoms with van der Waals surface area (Å²) in [4.78, 5) is 0. The Morgan fingerprint density at radius 2 is 2.29 bits per heavy atom. The number of halogens is 2. The fraction of sp³-hybridized carbons (Fsp3) is 0.625. The van der Waals surface area contributed by atoms with E-state index in [4.69, 9.17) is 21.1 Å². The standard InChI is InChI=1S/C16H23BrClNO2/c1-4-6-19-14(15-10(2)5-7-21-15)12-8-11(18)9-13(17)16(12)20-3/h8-10,14-15,19H,4-7H2,1-3H3. The van der Waals surface area contributed by atoms with Crippen LogP contribution in [0.2, 0.25) is 5.02 Å². The minimum Gasteiger partial charge on any atom is -0.495 e. The van der Waals surface area contributed by atoms with Gasteiger partial charge in [0.1, 0.15) is 5.75 Å². The molecule has 1 aromatic rings. The number of nitrogens with one attached hydrogen (secondary N) is 1. The molecule has 0 saturated carbocycles. The number of hydrogen-bond acceptors (Lipinski definition) is 3. The smallest absolute Gasteiger partial charge is 0.138 e. The SMILES string of the molecule is CCCNC(c1cc(Cl)cc(Br)c1OC)C1OCCC1C. The van der Waals surface area contributed by atoms with E-state index in [0.29, 0.717) is 10.9 Å². The summed E-state index contributed by atoms with van der Waals surface area (Å²) in [5.74, 6) is 1.34. The second-order valence-corrected chi connectivity index (χ2v) is 6.83. The lowest BCUT2D eigenvalue weighted by molar-refractivity contribution is 0.0599. The van der Waals surface area contributed by atoms with Gasteiger partial charge < -0.3 is 14.8 Å². The third kappa shape index (κ3) is 3.92. The molecule has 1 aliphatic heterocycles. The molecule has 0 spiro atoms. The van der Waals surface area contributed by atoms with Crippen LogP contribution in [0.4, 0.5) is 0 Å². The van der Waals surface area contributed by atoms with Gasteiger partial charge in [-0.25, -0.2) is 0 Å². The maximum atomic E-state index is 6.25. The van der Waals surface area contributed by atoms with Gasteiger partial charge in [-0.05, 0) is 53.4 Å². The Morgan fingerprint density at radius 3 is 2.86 bits per heavy atom. The molecule has 1 heterocycles. The molecule has 1 saturated heterocycles. The highest BCUT2D eigenvalue weighted by Crippen LogP contribution is 2.40. The fourth-order valence-electron chi connectivity index (χ4n) is 2.87. The van der Waals surface area contributed by atoms with Crippen molar-refractivity contribution in [2.75, 3.05) is 20.3 Å². The molecular weight excluding hydrogens is 354 g/mol. The van der Waals surface area contributed by atoms with Crippen LogP contribution in [-0.2, 0) is 4.74 Å². The van der Waals surface area contributed by atoms with E-state index in [9.17, 15) is 0 Å². The monoisotopic (exact) mass is 375 g/mol. The van der Waals surface area contributed by atoms with Crippen molar-refractivity contribution >= 4 is 27.5 Å². The van der Waals surface area contributed by atoms with Crippen molar-refractivity contribution in [3.63, 3.8) is 0 Å². The predicted octanol–water partition coefficient (Wildman–Crippen LogP) is 4.58. The summed E-state index contributed by atoms with van der Waals surface area (Å²) in [5, 5.41) is 4.30. The normalized spacial score (nSPS) is 23.3. The van der Waals surface area contributed by atoms with Gasteiger partial charge in [0.15, 0.2) is 0 Å². The Labute approximate surface area is 140 Å². The van der Waals surface area contributed by atoms with Crippen molar-refractivity contribution in [3.8, 4) is 5.75 Å². The maximum absolute atomic E-state index is 6.25. The van der Waals surface area contributed by atoms with Gasteiger partial charge in [0.05, 0.1) is 23.7 Å². The van der Waals surface area contributed by atoms with Crippen molar-refractivity contribution in [1.29, 1.82) is 0 Å². The minimum atomic E-state index is 0.0902. The lowest BCUT2D eigenvalue weighted by atomic mass is 9.91. The van der Waals surface area contributed by atoms with Gasteiger partial charge in [-0.1, -0.05) is 25.4 Å². The van der Waals surface area contributed by atoms with E-state index < -0.39 is 0 Å². The van der Waals surface area contributed by atoms with Crippen LogP contribution < -0.4 is 10.1 Å². The fourth-order valence-corrected chi connectivity index (χ4v) is 3.87. The van der Waals surface area contributed by atoms with E-state index >= 15 is 0 Å². The summed E-state index contributed by atoms with van der Waals surface area (Å²) in [6, 6.07) is 3.93. The lowest BCUT2D eigenvalue weighted by Crippen LogP contribution is -2.35. The second kappa shape index (κ2) is 7.82. The summed E-state index contributed by atoms with van der Waals surface area (Å²) in [7, 11) is 1.69. The molecule has 0 amide bonds. The van der Waals surface area contributed by atoms with E-state index in [1.807, 2.05) is 12.1 Å². The van der Waals surface area contributed by atoms with Crippen molar-refractivity contribution in [3.05, 3.63) is 27.2 Å². The Kier molecular flexibility index (Phi) is 6.35. The summed E-state index contributed by atoms with van der Waals surface area (Å²) in [5.41, 5.74) is 1.06. The molecule has 1 aliphatic rings. The van der Waals surface area contributed by atoms with Gasteiger partial charge in [0, 0.05) is 17.2 Å². The molecular formula is C16H23BrClNO2. The van der Waals surface area contributed by atoms with Gasteiger partial charge in [-0.2, -0.15) is 0 Å². The molecule has 118 valence electrons. The van der Waals surface area contributed by atoms with Crippen molar-refractivity contribution in [1.82, 2.24) is 5.32 Å². The van der Waals surface area contributed by atoms with E-state index in [-0.39, 0.29) is 12.1 Å². The van der Waals surface area contributed by atoms with Crippen LogP contribution in [0.3, 0.4) is 0 Å². The van der Waals surface area contributed by atoms with Crippen LogP contribution in [-0.4, -0.2) is 26.4 Å². The highest BCUT2D eigenvalue weighted by Gasteiger charge is 2.34. The minimum absolute atomic E-state index is 0.0902. The van der Waals surface area contributed by atoms with Crippen LogP contribution in [0.5, 0.6) is 5.75 Å². The van der Waals surface area contributed by atoms with Crippen molar-refractivity contribution in [2.24, 2.45) is 5.92 Å². The first kappa shape index (κ1) is 17.1. The van der Waals surface area contributed by atoms with Crippen LogP contribution >= 0.6 is 27.5 Å². The molecule has 2 rings (SSSR count). The van der Waals surface area contributed by atoms with Crippen LogP contribution in [0.25, 0.3) is 0 Å². The van der Waals surface area contributed by atoms with Crippen LogP contribution in [0.1, 0.15) is 38.3 Å². The van der Waals surface area contributed by atoms with Gasteiger partial charge >= 0.3 is 0 Å². The molecule has 0 aliphatic carbocycles. The Hall–Kier alpha value is -0.290. The average molecular weight is 377 g/mol. The first-order valence-corrected chi connectivity index (χ1v) is 8.63.